The molecule has 0 heterocycles. The largest absolute Gasteiger partial charge is 0.394 e. The molecule has 92 valence electrons. The topological polar surface area (TPSA) is 121 Å². The fourth-order valence-corrected chi connectivity index (χ4v) is 1.39. The van der Waals surface area contributed by atoms with Crippen LogP contribution in [0, 0.1) is 0 Å². The lowest BCUT2D eigenvalue weighted by molar-refractivity contribution is -0.175. The summed E-state index contributed by atoms with van der Waals surface area (Å²) in [6.07, 6.45) is -4.37. The summed E-state index contributed by atoms with van der Waals surface area (Å²) in [5.41, 5.74) is -1.86. The third kappa shape index (κ3) is 3.67. The van der Waals surface area contributed by atoms with E-state index in [0.717, 1.165) is 0 Å². The second-order valence-corrected chi connectivity index (χ2v) is 3.70. The zero-order valence-corrected chi connectivity index (χ0v) is 8.74. The van der Waals surface area contributed by atoms with E-state index >= 15 is 0 Å². The minimum absolute atomic E-state index is 0.0832. The van der Waals surface area contributed by atoms with E-state index in [1.54, 1.807) is 6.92 Å². The van der Waals surface area contributed by atoms with E-state index in [0.29, 0.717) is 6.42 Å². The number of hydrogen-bond acceptors (Lipinski definition) is 6. The van der Waals surface area contributed by atoms with Crippen LogP contribution in [0.15, 0.2) is 0 Å². The molecule has 0 saturated carbocycles. The first-order valence-electron chi connectivity index (χ1n) is 4.91. The molecule has 0 aromatic carbocycles. The maximum atomic E-state index is 9.75. The molecule has 6 heteroatoms. The smallest absolute Gasteiger partial charge is 0.116 e. The molecule has 6 nitrogen and oxygen atoms in total. The predicted octanol–water partition coefficient (Wildman–Crippen LogP) is -2.42. The maximum absolute atomic E-state index is 9.75. The van der Waals surface area contributed by atoms with Gasteiger partial charge < -0.3 is 30.6 Å². The van der Waals surface area contributed by atoms with E-state index in [1.807, 2.05) is 0 Å². The highest BCUT2D eigenvalue weighted by atomic mass is 16.4. The van der Waals surface area contributed by atoms with Crippen molar-refractivity contribution in [2.75, 3.05) is 13.2 Å². The van der Waals surface area contributed by atoms with Gasteiger partial charge in [0.1, 0.15) is 23.9 Å². The second-order valence-electron chi connectivity index (χ2n) is 3.70. The van der Waals surface area contributed by atoms with E-state index in [-0.39, 0.29) is 6.42 Å². The average molecular weight is 224 g/mol. The van der Waals surface area contributed by atoms with Gasteiger partial charge in [-0.1, -0.05) is 13.3 Å². The minimum atomic E-state index is -1.86. The molecule has 0 aliphatic heterocycles. The summed E-state index contributed by atoms with van der Waals surface area (Å²) in [5.74, 6) is 0. The molecule has 0 aliphatic rings. The van der Waals surface area contributed by atoms with Crippen LogP contribution in [-0.4, -0.2) is 67.8 Å². The van der Waals surface area contributed by atoms with Crippen molar-refractivity contribution in [3.63, 3.8) is 0 Å². The monoisotopic (exact) mass is 224 g/mol. The lowest BCUT2D eigenvalue weighted by Gasteiger charge is -2.35. The Morgan fingerprint density at radius 3 is 2.00 bits per heavy atom. The molecule has 0 saturated heterocycles. The first kappa shape index (κ1) is 14.8. The van der Waals surface area contributed by atoms with Crippen molar-refractivity contribution < 1.29 is 30.6 Å². The molecular weight excluding hydrogens is 204 g/mol. The Labute approximate surface area is 88.4 Å². The molecule has 0 fully saturated rings. The van der Waals surface area contributed by atoms with E-state index in [1.165, 1.54) is 0 Å². The SMILES string of the molecule is CCC[C@](O)(CO)[C@@H](O)[C@H](O)[C@H](O)CO. The Morgan fingerprint density at radius 1 is 1.13 bits per heavy atom. The van der Waals surface area contributed by atoms with Crippen molar-refractivity contribution in [3.8, 4) is 0 Å². The fourth-order valence-electron chi connectivity index (χ4n) is 1.39. The van der Waals surface area contributed by atoms with Gasteiger partial charge in [0.05, 0.1) is 13.2 Å². The van der Waals surface area contributed by atoms with Gasteiger partial charge in [-0.15, -0.1) is 0 Å². The highest BCUT2D eigenvalue weighted by molar-refractivity contribution is 4.92. The molecule has 0 unspecified atom stereocenters. The van der Waals surface area contributed by atoms with Gasteiger partial charge >= 0.3 is 0 Å². The molecule has 6 N–H and O–H groups in total. The van der Waals surface area contributed by atoms with Crippen LogP contribution >= 0.6 is 0 Å². The highest BCUT2D eigenvalue weighted by Crippen LogP contribution is 2.21. The molecule has 0 spiro atoms. The average Bonchev–Trinajstić information content (AvgIpc) is 2.26. The van der Waals surface area contributed by atoms with Gasteiger partial charge in [-0.05, 0) is 6.42 Å². The quantitative estimate of drug-likeness (QED) is 0.286. The summed E-state index contributed by atoms with van der Waals surface area (Å²) in [4.78, 5) is 0. The van der Waals surface area contributed by atoms with Gasteiger partial charge in [0.25, 0.3) is 0 Å². The Bertz CT molecular complexity index is 176. The molecule has 0 bridgehead atoms. The highest BCUT2D eigenvalue weighted by Gasteiger charge is 2.41. The van der Waals surface area contributed by atoms with Crippen molar-refractivity contribution in [3.05, 3.63) is 0 Å². The van der Waals surface area contributed by atoms with Crippen molar-refractivity contribution in [1.29, 1.82) is 0 Å². The van der Waals surface area contributed by atoms with Gasteiger partial charge in [0.2, 0.25) is 0 Å². The normalized spacial score (nSPS) is 21.8. The van der Waals surface area contributed by atoms with Gasteiger partial charge in [0, 0.05) is 0 Å². The fraction of sp³-hybridized carbons (Fsp3) is 1.00. The lowest BCUT2D eigenvalue weighted by atomic mass is 9.87. The second kappa shape index (κ2) is 6.37. The summed E-state index contributed by atoms with van der Waals surface area (Å²) >= 11 is 0. The van der Waals surface area contributed by atoms with E-state index in [2.05, 4.69) is 0 Å². The number of hydrogen-bond donors (Lipinski definition) is 6. The van der Waals surface area contributed by atoms with Gasteiger partial charge in [-0.2, -0.15) is 0 Å². The molecule has 15 heavy (non-hydrogen) atoms. The number of aliphatic hydroxyl groups is 6. The van der Waals surface area contributed by atoms with Crippen molar-refractivity contribution in [2.45, 2.75) is 43.7 Å². The summed E-state index contributed by atoms with van der Waals surface area (Å²) in [6.45, 7) is 0.283. The van der Waals surface area contributed by atoms with E-state index in [4.69, 9.17) is 15.3 Å². The number of rotatable bonds is 7. The van der Waals surface area contributed by atoms with Gasteiger partial charge in [-0.3, -0.25) is 0 Å². The van der Waals surface area contributed by atoms with Gasteiger partial charge in [-0.25, -0.2) is 0 Å². The third-order valence-corrected chi connectivity index (χ3v) is 2.41. The van der Waals surface area contributed by atoms with Crippen LogP contribution in [0.5, 0.6) is 0 Å². The molecule has 0 aromatic rings. The zero-order valence-electron chi connectivity index (χ0n) is 8.74. The zero-order chi connectivity index (χ0) is 12.1. The van der Waals surface area contributed by atoms with Crippen molar-refractivity contribution in [1.82, 2.24) is 0 Å². The number of aliphatic hydroxyl groups excluding tert-OH is 5. The molecule has 0 aliphatic carbocycles. The van der Waals surface area contributed by atoms with E-state index in [9.17, 15) is 15.3 Å². The standard InChI is InChI=1S/C9H20O6/c1-2-3-9(15,5-11)8(14)7(13)6(12)4-10/h6-8,10-15H,2-5H2,1H3/t6-,7-,8+,9+/m1/s1. The first-order chi connectivity index (χ1) is 6.92. The Morgan fingerprint density at radius 2 is 1.67 bits per heavy atom. The van der Waals surface area contributed by atoms with Crippen LogP contribution in [0.4, 0.5) is 0 Å². The Kier molecular flexibility index (Phi) is 6.26. The molecule has 0 radical (unpaired) electrons. The van der Waals surface area contributed by atoms with Crippen LogP contribution < -0.4 is 0 Å². The summed E-state index contributed by atoms with van der Waals surface area (Å²) in [5, 5.41) is 55.2. The van der Waals surface area contributed by atoms with Crippen LogP contribution in [0.25, 0.3) is 0 Å². The molecule has 0 amide bonds. The first-order valence-corrected chi connectivity index (χ1v) is 4.91. The van der Waals surface area contributed by atoms with E-state index < -0.39 is 37.1 Å². The third-order valence-electron chi connectivity index (χ3n) is 2.41. The molecule has 0 aromatic heterocycles. The van der Waals surface area contributed by atoms with Crippen molar-refractivity contribution in [2.24, 2.45) is 0 Å². The maximum Gasteiger partial charge on any atom is 0.116 e. The van der Waals surface area contributed by atoms with Crippen LogP contribution in [0.1, 0.15) is 19.8 Å². The molecular formula is C9H20O6. The van der Waals surface area contributed by atoms with Crippen LogP contribution in [0.3, 0.4) is 0 Å². The van der Waals surface area contributed by atoms with Crippen molar-refractivity contribution >= 4 is 0 Å². The predicted molar refractivity (Wildman–Crippen MR) is 52.0 cm³/mol. The summed E-state index contributed by atoms with van der Waals surface area (Å²) < 4.78 is 0. The summed E-state index contributed by atoms with van der Waals surface area (Å²) in [7, 11) is 0. The minimum Gasteiger partial charge on any atom is -0.394 e. The van der Waals surface area contributed by atoms with Gasteiger partial charge in [0.15, 0.2) is 0 Å². The summed E-state index contributed by atoms with van der Waals surface area (Å²) in [6, 6.07) is 0. The Hall–Kier alpha value is -0.240. The van der Waals surface area contributed by atoms with Crippen LogP contribution in [0.2, 0.25) is 0 Å². The molecule has 4 atom stereocenters. The molecule has 0 rings (SSSR count). The Balaban J connectivity index is 4.55. The van der Waals surface area contributed by atoms with Crippen LogP contribution in [-0.2, 0) is 0 Å². The lowest BCUT2D eigenvalue weighted by Crippen LogP contribution is -2.55.